The molecule has 1 aliphatic heterocycles. The molecule has 2 N–H and O–H groups in total. The molecular weight excluding hydrogens is 442 g/mol. The molecule has 3 aromatic rings. The zero-order valence-corrected chi connectivity index (χ0v) is 21.0. The van der Waals surface area contributed by atoms with E-state index >= 15 is 0 Å². The summed E-state index contributed by atoms with van der Waals surface area (Å²) >= 11 is 0. The van der Waals surface area contributed by atoms with Crippen LogP contribution in [0.25, 0.3) is 17.1 Å². The SMILES string of the molecule is CCNC(=O)c1nnc(-c2cc(C(C)C)c(OC)cc2O)n1-c1ccc(CN2CCCCC2)cc1. The molecule has 1 amide bonds. The molecule has 1 aliphatic rings. The minimum atomic E-state index is -0.319. The van der Waals surface area contributed by atoms with Crippen LogP contribution >= 0.6 is 0 Å². The summed E-state index contributed by atoms with van der Waals surface area (Å²) in [5, 5.41) is 22.2. The van der Waals surface area contributed by atoms with Gasteiger partial charge in [0, 0.05) is 24.8 Å². The van der Waals surface area contributed by atoms with Crippen molar-refractivity contribution < 1.29 is 14.6 Å². The zero-order chi connectivity index (χ0) is 24.9. The summed E-state index contributed by atoms with van der Waals surface area (Å²) in [5.41, 5.74) is 3.41. The number of nitrogens with one attached hydrogen (secondary N) is 1. The van der Waals surface area contributed by atoms with Crippen molar-refractivity contribution in [3.63, 3.8) is 0 Å². The summed E-state index contributed by atoms with van der Waals surface area (Å²) in [7, 11) is 1.58. The summed E-state index contributed by atoms with van der Waals surface area (Å²) in [6, 6.07) is 11.6. The fourth-order valence-corrected chi connectivity index (χ4v) is 4.61. The Bertz CT molecular complexity index is 1160. The van der Waals surface area contributed by atoms with Crippen LogP contribution in [0.1, 0.15) is 67.7 Å². The van der Waals surface area contributed by atoms with Gasteiger partial charge in [-0.05, 0) is 68.1 Å². The normalized spacial score (nSPS) is 14.3. The number of hydrogen-bond donors (Lipinski definition) is 2. The van der Waals surface area contributed by atoms with Crippen molar-refractivity contribution in [1.29, 1.82) is 0 Å². The van der Waals surface area contributed by atoms with E-state index in [1.807, 2.05) is 25.1 Å². The lowest BCUT2D eigenvalue weighted by Crippen LogP contribution is -2.29. The molecule has 186 valence electrons. The number of ether oxygens (including phenoxy) is 1. The van der Waals surface area contributed by atoms with Crippen LogP contribution in [-0.2, 0) is 6.54 Å². The van der Waals surface area contributed by atoms with Gasteiger partial charge in [-0.1, -0.05) is 32.4 Å². The van der Waals surface area contributed by atoms with Gasteiger partial charge in [-0.3, -0.25) is 14.3 Å². The number of carbonyl (C=O) groups excluding carboxylic acids is 1. The lowest BCUT2D eigenvalue weighted by atomic mass is 9.98. The van der Waals surface area contributed by atoms with E-state index in [1.165, 1.54) is 24.8 Å². The van der Waals surface area contributed by atoms with Crippen molar-refractivity contribution in [1.82, 2.24) is 25.0 Å². The summed E-state index contributed by atoms with van der Waals surface area (Å²) < 4.78 is 7.18. The highest BCUT2D eigenvalue weighted by Gasteiger charge is 2.24. The van der Waals surface area contributed by atoms with E-state index in [0.29, 0.717) is 23.7 Å². The molecule has 0 radical (unpaired) electrons. The van der Waals surface area contributed by atoms with Gasteiger partial charge in [0.2, 0.25) is 5.82 Å². The standard InChI is InChI=1S/C27H35N5O3/c1-5-28-27(34)26-30-29-25(22-15-21(18(2)3)24(35-4)16-23(22)33)32(26)20-11-9-19(10-12-20)17-31-13-7-6-8-14-31/h9-12,15-16,18,33H,5-8,13-14,17H2,1-4H3,(H,28,34). The molecule has 0 unspecified atom stereocenters. The number of likely N-dealkylation sites (tertiary alicyclic amines) is 1. The number of phenols is 1. The van der Waals surface area contributed by atoms with E-state index in [1.54, 1.807) is 17.7 Å². The average molecular weight is 478 g/mol. The molecule has 0 atom stereocenters. The lowest BCUT2D eigenvalue weighted by Gasteiger charge is -2.26. The molecule has 0 spiro atoms. The van der Waals surface area contributed by atoms with Crippen LogP contribution in [0.4, 0.5) is 0 Å². The average Bonchev–Trinajstić information content (AvgIpc) is 3.30. The third kappa shape index (κ3) is 5.32. The van der Waals surface area contributed by atoms with E-state index in [0.717, 1.165) is 30.9 Å². The maximum atomic E-state index is 12.9. The zero-order valence-electron chi connectivity index (χ0n) is 21.0. The predicted molar refractivity (Wildman–Crippen MR) is 136 cm³/mol. The van der Waals surface area contributed by atoms with Gasteiger partial charge in [0.25, 0.3) is 5.91 Å². The second-order valence-electron chi connectivity index (χ2n) is 9.31. The van der Waals surface area contributed by atoms with E-state index in [9.17, 15) is 9.90 Å². The molecule has 35 heavy (non-hydrogen) atoms. The number of piperidine rings is 1. The van der Waals surface area contributed by atoms with Crippen LogP contribution in [0, 0.1) is 0 Å². The van der Waals surface area contributed by atoms with Gasteiger partial charge in [-0.15, -0.1) is 10.2 Å². The minimum absolute atomic E-state index is 0.0177. The first kappa shape index (κ1) is 24.7. The maximum Gasteiger partial charge on any atom is 0.289 e. The number of aromatic nitrogens is 3. The minimum Gasteiger partial charge on any atom is -0.507 e. The van der Waals surface area contributed by atoms with E-state index in [-0.39, 0.29) is 23.4 Å². The molecule has 0 saturated carbocycles. The van der Waals surface area contributed by atoms with Crippen LogP contribution in [0.3, 0.4) is 0 Å². The van der Waals surface area contributed by atoms with Gasteiger partial charge in [0.15, 0.2) is 5.82 Å². The fraction of sp³-hybridized carbons (Fsp3) is 0.444. The first-order chi connectivity index (χ1) is 16.9. The Morgan fingerprint density at radius 1 is 1.11 bits per heavy atom. The lowest BCUT2D eigenvalue weighted by molar-refractivity contribution is 0.0943. The van der Waals surface area contributed by atoms with Crippen molar-refractivity contribution in [2.45, 2.75) is 52.5 Å². The quantitative estimate of drug-likeness (QED) is 0.496. The Morgan fingerprint density at radius 3 is 2.46 bits per heavy atom. The Kier molecular flexibility index (Phi) is 7.70. The van der Waals surface area contributed by atoms with E-state index < -0.39 is 0 Å². The monoisotopic (exact) mass is 477 g/mol. The molecule has 1 saturated heterocycles. The van der Waals surface area contributed by atoms with Crippen molar-refractivity contribution in [3.8, 4) is 28.6 Å². The Balaban J connectivity index is 1.77. The fourth-order valence-electron chi connectivity index (χ4n) is 4.61. The molecule has 2 aromatic carbocycles. The van der Waals surface area contributed by atoms with Gasteiger partial charge in [0.05, 0.1) is 12.7 Å². The highest BCUT2D eigenvalue weighted by atomic mass is 16.5. The van der Waals surface area contributed by atoms with Gasteiger partial charge >= 0.3 is 0 Å². The van der Waals surface area contributed by atoms with E-state index in [2.05, 4.69) is 46.4 Å². The van der Waals surface area contributed by atoms with Gasteiger partial charge < -0.3 is 15.2 Å². The second-order valence-corrected chi connectivity index (χ2v) is 9.31. The number of rotatable bonds is 8. The maximum absolute atomic E-state index is 12.9. The molecule has 0 bridgehead atoms. The first-order valence-electron chi connectivity index (χ1n) is 12.4. The van der Waals surface area contributed by atoms with Gasteiger partial charge in [-0.2, -0.15) is 0 Å². The molecule has 1 fully saturated rings. The van der Waals surface area contributed by atoms with Crippen molar-refractivity contribution in [2.75, 3.05) is 26.7 Å². The van der Waals surface area contributed by atoms with Crippen molar-refractivity contribution >= 4 is 5.91 Å². The van der Waals surface area contributed by atoms with Crippen LogP contribution < -0.4 is 10.1 Å². The smallest absolute Gasteiger partial charge is 0.289 e. The molecule has 8 nitrogen and oxygen atoms in total. The number of nitrogens with zero attached hydrogens (tertiary/aromatic N) is 4. The van der Waals surface area contributed by atoms with Crippen LogP contribution in [0.2, 0.25) is 0 Å². The molecule has 2 heterocycles. The topological polar surface area (TPSA) is 92.5 Å². The number of methoxy groups -OCH3 is 1. The van der Waals surface area contributed by atoms with Gasteiger partial charge in [0.1, 0.15) is 11.5 Å². The Labute approximate surface area is 206 Å². The number of amides is 1. The predicted octanol–water partition coefficient (Wildman–Crippen LogP) is 4.51. The summed E-state index contributed by atoms with van der Waals surface area (Å²) in [6.45, 7) is 9.63. The van der Waals surface area contributed by atoms with Crippen LogP contribution in [-0.4, -0.2) is 57.4 Å². The molecule has 8 heteroatoms. The highest BCUT2D eigenvalue weighted by Crippen LogP contribution is 2.38. The van der Waals surface area contributed by atoms with Gasteiger partial charge in [-0.25, -0.2) is 0 Å². The number of aromatic hydroxyl groups is 1. The Hall–Kier alpha value is -3.39. The van der Waals surface area contributed by atoms with Crippen LogP contribution in [0.15, 0.2) is 36.4 Å². The molecular formula is C27H35N5O3. The Morgan fingerprint density at radius 2 is 1.83 bits per heavy atom. The molecule has 0 aliphatic carbocycles. The third-order valence-electron chi connectivity index (χ3n) is 6.46. The van der Waals surface area contributed by atoms with Crippen LogP contribution in [0.5, 0.6) is 11.5 Å². The number of carbonyl (C=O) groups is 1. The number of benzene rings is 2. The van der Waals surface area contributed by atoms with Crippen molar-refractivity contribution in [2.24, 2.45) is 0 Å². The highest BCUT2D eigenvalue weighted by molar-refractivity contribution is 5.92. The number of phenolic OH excluding ortho intramolecular Hbond substituents is 1. The summed E-state index contributed by atoms with van der Waals surface area (Å²) in [4.78, 5) is 15.3. The van der Waals surface area contributed by atoms with E-state index in [4.69, 9.17) is 4.74 Å². The third-order valence-corrected chi connectivity index (χ3v) is 6.46. The summed E-state index contributed by atoms with van der Waals surface area (Å²) in [6.07, 6.45) is 3.81. The largest absolute Gasteiger partial charge is 0.507 e. The number of hydrogen-bond acceptors (Lipinski definition) is 6. The molecule has 4 rings (SSSR count). The molecule has 1 aromatic heterocycles. The second kappa shape index (κ2) is 10.9. The van der Waals surface area contributed by atoms with Crippen molar-refractivity contribution in [3.05, 3.63) is 53.3 Å². The summed E-state index contributed by atoms with van der Waals surface area (Å²) in [5.74, 6) is 1.05. The first-order valence-corrected chi connectivity index (χ1v) is 12.4.